The number of thiophene rings is 1. The molecule has 0 saturated heterocycles. The molecule has 0 bridgehead atoms. The largest absolute Gasteiger partial charge is 0.479 e. The first-order valence-corrected chi connectivity index (χ1v) is 5.58. The monoisotopic (exact) mass is 281 g/mol. The van der Waals surface area contributed by atoms with Crippen LogP contribution in [0.4, 0.5) is 13.2 Å². The average molecular weight is 281 g/mol. The lowest BCUT2D eigenvalue weighted by molar-refractivity contribution is -0.203. The minimum Gasteiger partial charge on any atom is -0.479 e. The van der Waals surface area contributed by atoms with Crippen molar-refractivity contribution in [1.29, 1.82) is 0 Å². The number of carbonyl (C=O) groups excluding carboxylic acids is 1. The van der Waals surface area contributed by atoms with Crippen LogP contribution < -0.4 is 5.32 Å². The zero-order valence-electron chi connectivity index (χ0n) is 9.46. The fraction of sp³-hybridized carbons (Fsp3) is 0.400. The topological polar surface area (TPSA) is 66.4 Å². The van der Waals surface area contributed by atoms with E-state index in [1.165, 1.54) is 11.4 Å². The molecule has 1 amide bonds. The second kappa shape index (κ2) is 4.60. The molecule has 0 fully saturated rings. The fourth-order valence-corrected chi connectivity index (χ4v) is 1.85. The standard InChI is InChI=1S/C10H10F3NO3S/c1-5-3-4-6(18-5)7(15)14-9(2,8(16)17)10(11,12)13/h3-4H,1-2H3,(H,14,15)(H,16,17). The average Bonchev–Trinajstić information content (AvgIpc) is 2.62. The van der Waals surface area contributed by atoms with Crippen LogP contribution in [0.2, 0.25) is 0 Å². The maximum atomic E-state index is 12.6. The summed E-state index contributed by atoms with van der Waals surface area (Å²) >= 11 is 0.987. The number of carboxylic acid groups (broad SMARTS) is 1. The number of aryl methyl sites for hydroxylation is 1. The van der Waals surface area contributed by atoms with Crippen molar-refractivity contribution in [2.45, 2.75) is 25.6 Å². The number of hydrogen-bond donors (Lipinski definition) is 2. The molecule has 2 N–H and O–H groups in total. The van der Waals surface area contributed by atoms with Crippen molar-refractivity contribution in [3.63, 3.8) is 0 Å². The molecular weight excluding hydrogens is 271 g/mol. The van der Waals surface area contributed by atoms with Gasteiger partial charge in [-0.25, -0.2) is 4.79 Å². The molecule has 18 heavy (non-hydrogen) atoms. The van der Waals surface area contributed by atoms with Crippen LogP contribution >= 0.6 is 11.3 Å². The first-order chi connectivity index (χ1) is 8.08. The highest BCUT2D eigenvalue weighted by Crippen LogP contribution is 2.31. The van der Waals surface area contributed by atoms with Crippen LogP contribution in [0, 0.1) is 6.92 Å². The highest BCUT2D eigenvalue weighted by Gasteiger charge is 2.58. The van der Waals surface area contributed by atoms with Gasteiger partial charge in [-0.2, -0.15) is 13.2 Å². The lowest BCUT2D eigenvalue weighted by Gasteiger charge is -2.28. The van der Waals surface area contributed by atoms with Gasteiger partial charge in [0.05, 0.1) is 4.88 Å². The zero-order valence-corrected chi connectivity index (χ0v) is 10.3. The maximum Gasteiger partial charge on any atom is 0.422 e. The van der Waals surface area contributed by atoms with E-state index in [0.717, 1.165) is 16.2 Å². The summed E-state index contributed by atoms with van der Waals surface area (Å²) in [6.07, 6.45) is -5.08. The van der Waals surface area contributed by atoms with Gasteiger partial charge in [0, 0.05) is 4.88 Å². The van der Waals surface area contributed by atoms with Gasteiger partial charge >= 0.3 is 12.1 Å². The van der Waals surface area contributed by atoms with Crippen molar-refractivity contribution >= 4 is 23.2 Å². The number of amides is 1. The maximum absolute atomic E-state index is 12.6. The third kappa shape index (κ3) is 2.63. The lowest BCUT2D eigenvalue weighted by Crippen LogP contribution is -2.61. The van der Waals surface area contributed by atoms with E-state index in [-0.39, 0.29) is 4.88 Å². The van der Waals surface area contributed by atoms with Gasteiger partial charge in [-0.15, -0.1) is 11.3 Å². The summed E-state index contributed by atoms with van der Waals surface area (Å²) in [7, 11) is 0. The van der Waals surface area contributed by atoms with Crippen LogP contribution in [0.1, 0.15) is 21.5 Å². The van der Waals surface area contributed by atoms with Crippen LogP contribution in [0.5, 0.6) is 0 Å². The second-order valence-corrected chi connectivity index (χ2v) is 5.08. The summed E-state index contributed by atoms with van der Waals surface area (Å²) in [6.45, 7) is 2.09. The van der Waals surface area contributed by atoms with E-state index >= 15 is 0 Å². The molecule has 1 unspecified atom stereocenters. The molecular formula is C10H10F3NO3S. The highest BCUT2D eigenvalue weighted by molar-refractivity contribution is 7.13. The van der Waals surface area contributed by atoms with Crippen LogP contribution in [0.3, 0.4) is 0 Å². The number of carboxylic acids is 1. The quantitative estimate of drug-likeness (QED) is 0.892. The molecule has 0 spiro atoms. The number of aliphatic carboxylic acids is 1. The summed E-state index contributed by atoms with van der Waals surface area (Å²) in [4.78, 5) is 23.0. The van der Waals surface area contributed by atoms with Crippen molar-refractivity contribution in [3.05, 3.63) is 21.9 Å². The smallest absolute Gasteiger partial charge is 0.422 e. The molecule has 1 aromatic heterocycles. The number of rotatable bonds is 3. The summed E-state index contributed by atoms with van der Waals surface area (Å²) < 4.78 is 37.9. The number of halogens is 3. The molecule has 0 aliphatic rings. The molecule has 1 rings (SSSR count). The third-order valence-corrected chi connectivity index (χ3v) is 3.32. The van der Waals surface area contributed by atoms with E-state index in [4.69, 9.17) is 5.11 Å². The Bertz CT molecular complexity index is 483. The number of hydrogen-bond acceptors (Lipinski definition) is 3. The van der Waals surface area contributed by atoms with Gasteiger partial charge in [-0.05, 0) is 26.0 Å². The van der Waals surface area contributed by atoms with Gasteiger partial charge in [-0.1, -0.05) is 0 Å². The summed E-state index contributed by atoms with van der Waals surface area (Å²) in [5.74, 6) is -3.22. The summed E-state index contributed by atoms with van der Waals surface area (Å²) in [5.41, 5.74) is -3.30. The number of nitrogens with one attached hydrogen (secondary N) is 1. The van der Waals surface area contributed by atoms with Crippen molar-refractivity contribution < 1.29 is 27.9 Å². The molecule has 100 valence electrons. The SMILES string of the molecule is Cc1ccc(C(=O)NC(C)(C(=O)O)C(F)(F)F)s1. The predicted octanol–water partition coefficient (Wildman–Crippen LogP) is 2.19. The van der Waals surface area contributed by atoms with E-state index in [9.17, 15) is 22.8 Å². The second-order valence-electron chi connectivity index (χ2n) is 3.79. The Morgan fingerprint density at radius 3 is 2.22 bits per heavy atom. The molecule has 1 atom stereocenters. The van der Waals surface area contributed by atoms with Gasteiger partial charge in [0.1, 0.15) is 0 Å². The van der Waals surface area contributed by atoms with Gasteiger partial charge in [0.2, 0.25) is 5.54 Å². The Balaban J connectivity index is 3.00. The van der Waals surface area contributed by atoms with Crippen LogP contribution in [-0.2, 0) is 4.79 Å². The van der Waals surface area contributed by atoms with Crippen molar-refractivity contribution in [3.8, 4) is 0 Å². The minimum atomic E-state index is -5.08. The fourth-order valence-electron chi connectivity index (χ4n) is 1.09. The minimum absolute atomic E-state index is 0.0317. The van der Waals surface area contributed by atoms with Gasteiger partial charge in [0.15, 0.2) is 0 Å². The predicted molar refractivity (Wildman–Crippen MR) is 58.6 cm³/mol. The Morgan fingerprint density at radius 2 is 1.89 bits per heavy atom. The molecule has 1 aromatic rings. The third-order valence-electron chi connectivity index (χ3n) is 2.32. The molecule has 0 radical (unpaired) electrons. The van der Waals surface area contributed by atoms with Crippen molar-refractivity contribution in [2.24, 2.45) is 0 Å². The molecule has 1 heterocycles. The number of alkyl halides is 3. The summed E-state index contributed by atoms with van der Waals surface area (Å²) in [5, 5.41) is 10.1. The first-order valence-electron chi connectivity index (χ1n) is 4.77. The molecule has 0 aliphatic heterocycles. The Kier molecular flexibility index (Phi) is 3.70. The molecule has 8 heteroatoms. The van der Waals surface area contributed by atoms with Crippen LogP contribution in [-0.4, -0.2) is 28.7 Å². The number of carbonyl (C=O) groups is 2. The molecule has 0 aromatic carbocycles. The highest BCUT2D eigenvalue weighted by atomic mass is 32.1. The van der Waals surface area contributed by atoms with Gasteiger partial charge in [0.25, 0.3) is 5.91 Å². The Labute approximate surface area is 104 Å². The van der Waals surface area contributed by atoms with E-state index in [1.54, 1.807) is 13.0 Å². The zero-order chi connectivity index (χ0) is 14.1. The normalized spacial score (nSPS) is 14.9. The molecule has 0 saturated carbocycles. The first kappa shape index (κ1) is 14.5. The van der Waals surface area contributed by atoms with E-state index in [1.807, 2.05) is 0 Å². The van der Waals surface area contributed by atoms with Crippen LogP contribution in [0.25, 0.3) is 0 Å². The lowest BCUT2D eigenvalue weighted by atomic mass is 10.0. The van der Waals surface area contributed by atoms with E-state index in [2.05, 4.69) is 0 Å². The van der Waals surface area contributed by atoms with E-state index < -0.39 is 23.6 Å². The van der Waals surface area contributed by atoms with Crippen LogP contribution in [0.15, 0.2) is 12.1 Å². The molecule has 4 nitrogen and oxygen atoms in total. The van der Waals surface area contributed by atoms with Gasteiger partial charge in [-0.3, -0.25) is 4.79 Å². The summed E-state index contributed by atoms with van der Waals surface area (Å²) in [6, 6.07) is 2.90. The Hall–Kier alpha value is -1.57. The van der Waals surface area contributed by atoms with Crippen molar-refractivity contribution in [2.75, 3.05) is 0 Å². The van der Waals surface area contributed by atoms with Gasteiger partial charge < -0.3 is 10.4 Å². The molecule has 0 aliphatic carbocycles. The van der Waals surface area contributed by atoms with E-state index in [0.29, 0.717) is 6.92 Å². The van der Waals surface area contributed by atoms with Crippen molar-refractivity contribution in [1.82, 2.24) is 5.32 Å². The Morgan fingerprint density at radius 1 is 1.33 bits per heavy atom.